The summed E-state index contributed by atoms with van der Waals surface area (Å²) in [6.45, 7) is 2.76. The summed E-state index contributed by atoms with van der Waals surface area (Å²) in [5.41, 5.74) is 2.39. The van der Waals surface area contributed by atoms with Crippen molar-refractivity contribution in [2.75, 3.05) is 19.6 Å². The zero-order valence-electron chi connectivity index (χ0n) is 12.4. The van der Waals surface area contributed by atoms with Crippen molar-refractivity contribution in [2.45, 2.75) is 12.5 Å². The van der Waals surface area contributed by atoms with Crippen molar-refractivity contribution in [2.24, 2.45) is 4.99 Å². The molecule has 0 spiro atoms. The highest BCUT2D eigenvalue weighted by Crippen LogP contribution is 2.42. The van der Waals surface area contributed by atoms with Gasteiger partial charge in [0, 0.05) is 30.6 Å². The highest BCUT2D eigenvalue weighted by Gasteiger charge is 2.26. The Bertz CT molecular complexity index is 665. The van der Waals surface area contributed by atoms with Crippen molar-refractivity contribution in [1.29, 1.82) is 0 Å². The molecule has 0 bridgehead atoms. The summed E-state index contributed by atoms with van der Waals surface area (Å²) in [7, 11) is 0. The van der Waals surface area contributed by atoms with Crippen LogP contribution in [0.1, 0.15) is 23.6 Å². The molecule has 0 saturated heterocycles. The first-order valence-corrected chi connectivity index (χ1v) is 7.78. The van der Waals surface area contributed by atoms with E-state index in [2.05, 4.69) is 39.9 Å². The van der Waals surface area contributed by atoms with Crippen LogP contribution in [0.2, 0.25) is 0 Å². The van der Waals surface area contributed by atoms with Gasteiger partial charge in [0.15, 0.2) is 0 Å². The zero-order valence-corrected chi connectivity index (χ0v) is 12.4. The number of fused-ring (bicyclic) bond motifs is 2. The number of para-hydroxylation sites is 2. The van der Waals surface area contributed by atoms with Gasteiger partial charge in [0.2, 0.25) is 0 Å². The lowest BCUT2D eigenvalue weighted by atomic mass is 9.94. The topological polar surface area (TPSA) is 45.6 Å². The van der Waals surface area contributed by atoms with E-state index < -0.39 is 0 Å². The number of nitrogens with zero attached hydrogens (tertiary/aromatic N) is 1. The lowest BCUT2D eigenvalue weighted by Crippen LogP contribution is -2.29. The Morgan fingerprint density at radius 3 is 2.36 bits per heavy atom. The van der Waals surface area contributed by atoms with E-state index in [0.717, 1.165) is 43.4 Å². The first-order chi connectivity index (χ1) is 10.9. The molecule has 0 atom stereocenters. The van der Waals surface area contributed by atoms with E-state index in [1.807, 2.05) is 24.3 Å². The summed E-state index contributed by atoms with van der Waals surface area (Å²) >= 11 is 0. The number of benzene rings is 2. The number of hydrogen-bond donors (Lipinski definition) is 2. The standard InChI is InChI=1S/C18H19N3O/c1-3-7-15-13(5-1)18(14-6-2-4-8-16(14)22-15)21-10-9-17-19-11-12-20-17/h1-8,18,21H,9-12H2,(H,19,20). The third-order valence-corrected chi connectivity index (χ3v) is 4.13. The monoisotopic (exact) mass is 293 g/mol. The molecule has 4 heteroatoms. The maximum atomic E-state index is 6.01. The Morgan fingerprint density at radius 1 is 1.05 bits per heavy atom. The summed E-state index contributed by atoms with van der Waals surface area (Å²) in [5.74, 6) is 2.99. The van der Waals surface area contributed by atoms with Gasteiger partial charge in [0.1, 0.15) is 11.5 Å². The van der Waals surface area contributed by atoms with Crippen LogP contribution in [0.5, 0.6) is 11.5 Å². The third kappa shape index (κ3) is 2.46. The van der Waals surface area contributed by atoms with Gasteiger partial charge < -0.3 is 15.4 Å². The first kappa shape index (κ1) is 13.3. The molecule has 4 nitrogen and oxygen atoms in total. The first-order valence-electron chi connectivity index (χ1n) is 7.78. The van der Waals surface area contributed by atoms with Crippen LogP contribution in [0.3, 0.4) is 0 Å². The van der Waals surface area contributed by atoms with Crippen molar-refractivity contribution in [3.63, 3.8) is 0 Å². The Kier molecular flexibility index (Phi) is 3.52. The minimum Gasteiger partial charge on any atom is -0.457 e. The predicted octanol–water partition coefficient (Wildman–Crippen LogP) is 2.86. The van der Waals surface area contributed by atoms with Crippen LogP contribution in [0.15, 0.2) is 53.5 Å². The number of ether oxygens (including phenoxy) is 1. The van der Waals surface area contributed by atoms with Gasteiger partial charge in [-0.1, -0.05) is 36.4 Å². The Morgan fingerprint density at radius 2 is 1.73 bits per heavy atom. The van der Waals surface area contributed by atoms with Crippen LogP contribution in [-0.4, -0.2) is 25.5 Å². The molecule has 0 aliphatic carbocycles. The predicted molar refractivity (Wildman–Crippen MR) is 87.7 cm³/mol. The molecule has 22 heavy (non-hydrogen) atoms. The maximum absolute atomic E-state index is 6.01. The maximum Gasteiger partial charge on any atom is 0.132 e. The van der Waals surface area contributed by atoms with Crippen molar-refractivity contribution >= 4 is 5.84 Å². The normalized spacial score (nSPS) is 16.3. The lowest BCUT2D eigenvalue weighted by molar-refractivity contribution is 0.429. The smallest absolute Gasteiger partial charge is 0.132 e. The number of amidine groups is 1. The molecule has 112 valence electrons. The molecule has 2 N–H and O–H groups in total. The quantitative estimate of drug-likeness (QED) is 0.911. The van der Waals surface area contributed by atoms with Gasteiger partial charge >= 0.3 is 0 Å². The summed E-state index contributed by atoms with van der Waals surface area (Å²) in [6.07, 6.45) is 0.932. The summed E-state index contributed by atoms with van der Waals surface area (Å²) in [6, 6.07) is 16.7. The second kappa shape index (κ2) is 5.81. The molecule has 0 unspecified atom stereocenters. The molecule has 0 amide bonds. The Balaban J connectivity index is 1.57. The molecule has 0 radical (unpaired) electrons. The van der Waals surface area contributed by atoms with E-state index in [9.17, 15) is 0 Å². The summed E-state index contributed by atoms with van der Waals surface area (Å²) in [5, 5.41) is 6.98. The molecule has 2 aromatic rings. The minimum atomic E-state index is 0.170. The third-order valence-electron chi connectivity index (χ3n) is 4.13. The minimum absolute atomic E-state index is 0.170. The van der Waals surface area contributed by atoms with E-state index in [1.165, 1.54) is 11.1 Å². The van der Waals surface area contributed by atoms with E-state index in [-0.39, 0.29) is 6.04 Å². The van der Waals surface area contributed by atoms with Crippen LogP contribution >= 0.6 is 0 Å². The van der Waals surface area contributed by atoms with E-state index in [0.29, 0.717) is 0 Å². The molecule has 0 fully saturated rings. The van der Waals surface area contributed by atoms with E-state index >= 15 is 0 Å². The fourth-order valence-corrected chi connectivity index (χ4v) is 3.08. The molecule has 2 aliphatic rings. The van der Waals surface area contributed by atoms with Gasteiger partial charge in [-0.25, -0.2) is 0 Å². The van der Waals surface area contributed by atoms with Gasteiger partial charge in [-0.15, -0.1) is 0 Å². The average molecular weight is 293 g/mol. The number of nitrogens with one attached hydrogen (secondary N) is 2. The largest absolute Gasteiger partial charge is 0.457 e. The van der Waals surface area contributed by atoms with Crippen molar-refractivity contribution in [1.82, 2.24) is 10.6 Å². The average Bonchev–Trinajstić information content (AvgIpc) is 3.07. The highest BCUT2D eigenvalue weighted by molar-refractivity contribution is 5.83. The fraction of sp³-hybridized carbons (Fsp3) is 0.278. The molecular weight excluding hydrogens is 274 g/mol. The van der Waals surface area contributed by atoms with Crippen LogP contribution in [0, 0.1) is 0 Å². The van der Waals surface area contributed by atoms with Crippen molar-refractivity contribution < 1.29 is 4.74 Å². The second-order valence-electron chi connectivity index (χ2n) is 5.57. The van der Waals surface area contributed by atoms with Crippen LogP contribution < -0.4 is 15.4 Å². The molecule has 0 aromatic heterocycles. The van der Waals surface area contributed by atoms with Crippen LogP contribution in [0.25, 0.3) is 0 Å². The van der Waals surface area contributed by atoms with E-state index in [4.69, 9.17) is 4.74 Å². The van der Waals surface area contributed by atoms with Gasteiger partial charge in [-0.2, -0.15) is 0 Å². The van der Waals surface area contributed by atoms with Gasteiger partial charge in [0.05, 0.1) is 18.4 Å². The number of aliphatic imine (C=N–C) groups is 1. The number of hydrogen-bond acceptors (Lipinski definition) is 4. The summed E-state index contributed by atoms with van der Waals surface area (Å²) in [4.78, 5) is 4.45. The number of rotatable bonds is 4. The van der Waals surface area contributed by atoms with E-state index in [1.54, 1.807) is 0 Å². The van der Waals surface area contributed by atoms with Gasteiger partial charge in [-0.3, -0.25) is 4.99 Å². The second-order valence-corrected chi connectivity index (χ2v) is 5.57. The van der Waals surface area contributed by atoms with Crippen LogP contribution in [-0.2, 0) is 0 Å². The van der Waals surface area contributed by atoms with Crippen molar-refractivity contribution in [3.8, 4) is 11.5 Å². The lowest BCUT2D eigenvalue weighted by Gasteiger charge is -2.29. The molecule has 0 saturated carbocycles. The van der Waals surface area contributed by atoms with Gasteiger partial charge in [-0.05, 0) is 12.1 Å². The molecule has 4 rings (SSSR count). The van der Waals surface area contributed by atoms with Crippen molar-refractivity contribution in [3.05, 3.63) is 59.7 Å². The summed E-state index contributed by atoms with van der Waals surface area (Å²) < 4.78 is 6.01. The Labute approximate surface area is 130 Å². The zero-order chi connectivity index (χ0) is 14.8. The molecular formula is C18H19N3O. The highest BCUT2D eigenvalue weighted by atomic mass is 16.5. The van der Waals surface area contributed by atoms with Crippen LogP contribution in [0.4, 0.5) is 0 Å². The Hall–Kier alpha value is -2.33. The van der Waals surface area contributed by atoms with Gasteiger partial charge in [0.25, 0.3) is 0 Å². The molecule has 2 heterocycles. The molecule has 2 aliphatic heterocycles. The molecule has 2 aromatic carbocycles. The SMILES string of the molecule is c1ccc2c(c1)Oc1ccccc1C2NCCC1=NCCN1. The fourth-order valence-electron chi connectivity index (χ4n) is 3.08.